The molecule has 1 aliphatic carbocycles. The molecule has 0 spiro atoms. The van der Waals surface area contributed by atoms with Crippen LogP contribution in [-0.2, 0) is 11.3 Å². The van der Waals surface area contributed by atoms with Crippen LogP contribution in [0.5, 0.6) is 0 Å². The number of nitrogens with zero attached hydrogens (tertiary/aromatic N) is 2. The number of aromatic nitrogens is 2. The summed E-state index contributed by atoms with van der Waals surface area (Å²) in [6.07, 6.45) is 9.48. The van der Waals surface area contributed by atoms with Crippen LogP contribution in [0.4, 0.5) is 0 Å². The van der Waals surface area contributed by atoms with Gasteiger partial charge in [0.25, 0.3) is 5.56 Å². The van der Waals surface area contributed by atoms with Gasteiger partial charge in [0.1, 0.15) is 0 Å². The highest BCUT2D eigenvalue weighted by Crippen LogP contribution is 2.24. The second-order valence-electron chi connectivity index (χ2n) is 6.75. The Bertz CT molecular complexity index is 968. The quantitative estimate of drug-likeness (QED) is 0.358. The van der Waals surface area contributed by atoms with Crippen LogP contribution >= 0.6 is 27.7 Å². The van der Waals surface area contributed by atoms with Gasteiger partial charge in [-0.3, -0.25) is 14.2 Å². The number of hydrogen-bond acceptors (Lipinski definition) is 4. The summed E-state index contributed by atoms with van der Waals surface area (Å²) in [6.45, 7) is 4.61. The van der Waals surface area contributed by atoms with Gasteiger partial charge in [-0.2, -0.15) is 0 Å². The van der Waals surface area contributed by atoms with E-state index in [0.717, 1.165) is 23.7 Å². The third-order valence-corrected chi connectivity index (χ3v) is 6.17. The molecule has 0 atom stereocenters. The number of benzene rings is 1. The lowest BCUT2D eigenvalue weighted by atomic mass is 9.97. The van der Waals surface area contributed by atoms with E-state index in [2.05, 4.69) is 38.9 Å². The van der Waals surface area contributed by atoms with E-state index in [0.29, 0.717) is 29.1 Å². The summed E-state index contributed by atoms with van der Waals surface area (Å²) < 4.78 is 2.57. The summed E-state index contributed by atoms with van der Waals surface area (Å²) in [5.41, 5.74) is 2.00. The van der Waals surface area contributed by atoms with Gasteiger partial charge >= 0.3 is 0 Å². The number of amides is 1. The molecule has 0 fully saturated rings. The predicted molar refractivity (Wildman–Crippen MR) is 119 cm³/mol. The van der Waals surface area contributed by atoms with Gasteiger partial charge in [0.05, 0.1) is 16.7 Å². The van der Waals surface area contributed by atoms with Gasteiger partial charge in [-0.1, -0.05) is 45.4 Å². The zero-order valence-electron chi connectivity index (χ0n) is 15.7. The minimum atomic E-state index is -0.100. The number of carbonyl (C=O) groups excluding carboxylic acids is 1. The number of thioether (sulfide) groups is 1. The van der Waals surface area contributed by atoms with Gasteiger partial charge in [-0.05, 0) is 50.3 Å². The third-order valence-electron chi connectivity index (χ3n) is 4.70. The fourth-order valence-corrected chi connectivity index (χ4v) is 4.45. The molecule has 0 radical (unpaired) electrons. The molecule has 7 heteroatoms. The number of carbonyl (C=O) groups is 1. The van der Waals surface area contributed by atoms with Crippen molar-refractivity contribution in [1.82, 2.24) is 14.9 Å². The Hall–Kier alpha value is -1.86. The van der Waals surface area contributed by atoms with E-state index in [1.165, 1.54) is 30.2 Å². The number of hydrogen-bond donors (Lipinski definition) is 1. The number of rotatable bonds is 8. The average molecular weight is 462 g/mol. The monoisotopic (exact) mass is 461 g/mol. The Morgan fingerprint density at radius 2 is 2.25 bits per heavy atom. The number of halogens is 1. The van der Waals surface area contributed by atoms with Crippen LogP contribution in [0.15, 0.2) is 56.9 Å². The topological polar surface area (TPSA) is 64.0 Å². The SMILES string of the molecule is C=CCNC(=O)CSc1nc2ccc(Br)cc2c(=O)n1CCC1=CCCCC1. The molecule has 148 valence electrons. The first-order valence-corrected chi connectivity index (χ1v) is 11.2. The lowest BCUT2D eigenvalue weighted by Gasteiger charge is -2.16. The molecule has 0 aliphatic heterocycles. The Kier molecular flexibility index (Phi) is 7.50. The van der Waals surface area contributed by atoms with Crippen molar-refractivity contribution in [2.75, 3.05) is 12.3 Å². The highest BCUT2D eigenvalue weighted by molar-refractivity contribution is 9.10. The largest absolute Gasteiger partial charge is 0.352 e. The molecule has 28 heavy (non-hydrogen) atoms. The first-order chi connectivity index (χ1) is 13.6. The summed E-state index contributed by atoms with van der Waals surface area (Å²) in [5.74, 6) is 0.113. The molecule has 0 saturated heterocycles. The second-order valence-corrected chi connectivity index (χ2v) is 8.61. The van der Waals surface area contributed by atoms with Gasteiger partial charge in [0, 0.05) is 17.6 Å². The zero-order chi connectivity index (χ0) is 19.9. The molecule has 0 unspecified atom stereocenters. The maximum atomic E-state index is 13.1. The van der Waals surface area contributed by atoms with E-state index in [4.69, 9.17) is 0 Å². The summed E-state index contributed by atoms with van der Waals surface area (Å²) in [7, 11) is 0. The summed E-state index contributed by atoms with van der Waals surface area (Å²) in [5, 5.41) is 3.93. The lowest BCUT2D eigenvalue weighted by molar-refractivity contribution is -0.118. The highest BCUT2D eigenvalue weighted by Gasteiger charge is 2.14. The van der Waals surface area contributed by atoms with Gasteiger partial charge < -0.3 is 5.32 Å². The highest BCUT2D eigenvalue weighted by atomic mass is 79.9. The van der Waals surface area contributed by atoms with E-state index in [1.54, 1.807) is 10.6 Å². The zero-order valence-corrected chi connectivity index (χ0v) is 18.2. The molecule has 1 aromatic carbocycles. The maximum Gasteiger partial charge on any atom is 0.262 e. The van der Waals surface area contributed by atoms with E-state index in [-0.39, 0.29) is 17.2 Å². The average Bonchev–Trinajstić information content (AvgIpc) is 2.71. The molecule has 1 amide bonds. The van der Waals surface area contributed by atoms with Crippen LogP contribution in [0.2, 0.25) is 0 Å². The molecule has 0 saturated carbocycles. The number of nitrogens with one attached hydrogen (secondary N) is 1. The van der Waals surface area contributed by atoms with Crippen molar-refractivity contribution in [2.24, 2.45) is 0 Å². The Morgan fingerprint density at radius 3 is 3.00 bits per heavy atom. The van der Waals surface area contributed by atoms with Crippen LogP contribution < -0.4 is 10.9 Å². The van der Waals surface area contributed by atoms with Crippen LogP contribution in [0.25, 0.3) is 10.9 Å². The molecule has 1 aromatic heterocycles. The second kappa shape index (κ2) is 10.1. The van der Waals surface area contributed by atoms with Crippen LogP contribution in [-0.4, -0.2) is 27.8 Å². The Balaban J connectivity index is 1.88. The van der Waals surface area contributed by atoms with E-state index < -0.39 is 0 Å². The molecule has 3 rings (SSSR count). The van der Waals surface area contributed by atoms with Crippen molar-refractivity contribution in [2.45, 2.75) is 43.8 Å². The molecule has 1 heterocycles. The Labute approximate surface area is 177 Å². The Morgan fingerprint density at radius 1 is 1.39 bits per heavy atom. The molecule has 5 nitrogen and oxygen atoms in total. The van der Waals surface area contributed by atoms with E-state index in [1.807, 2.05) is 18.2 Å². The molecular weight excluding hydrogens is 438 g/mol. The minimum Gasteiger partial charge on any atom is -0.352 e. The molecular formula is C21H24BrN3O2S. The number of allylic oxidation sites excluding steroid dienone is 2. The fraction of sp³-hybridized carbons (Fsp3) is 0.381. The summed E-state index contributed by atoms with van der Waals surface area (Å²) >= 11 is 4.73. The molecule has 1 aliphatic rings. The first-order valence-electron chi connectivity index (χ1n) is 9.47. The van der Waals surface area contributed by atoms with Crippen molar-refractivity contribution < 1.29 is 4.79 Å². The predicted octanol–water partition coefficient (Wildman–Crippen LogP) is 4.44. The smallest absolute Gasteiger partial charge is 0.262 e. The van der Waals surface area contributed by atoms with Crippen molar-refractivity contribution in [3.63, 3.8) is 0 Å². The summed E-state index contributed by atoms with van der Waals surface area (Å²) in [6, 6.07) is 5.51. The van der Waals surface area contributed by atoms with Gasteiger partial charge in [-0.15, -0.1) is 6.58 Å². The van der Waals surface area contributed by atoms with E-state index >= 15 is 0 Å². The number of fused-ring (bicyclic) bond motifs is 1. The normalized spacial score (nSPS) is 14.0. The fourth-order valence-electron chi connectivity index (χ4n) is 3.23. The third kappa shape index (κ3) is 5.35. The molecule has 0 bridgehead atoms. The van der Waals surface area contributed by atoms with E-state index in [9.17, 15) is 9.59 Å². The van der Waals surface area contributed by atoms with Crippen LogP contribution in [0.1, 0.15) is 32.1 Å². The van der Waals surface area contributed by atoms with Crippen molar-refractivity contribution in [1.29, 1.82) is 0 Å². The standard InChI is InChI=1S/C21H24BrN3O2S/c1-2-11-23-19(26)14-28-21-24-18-9-8-16(22)13-17(18)20(27)25(21)12-10-15-6-4-3-5-7-15/h2,6,8-9,13H,1,3-5,7,10-12,14H2,(H,23,26). The van der Waals surface area contributed by atoms with Gasteiger partial charge in [-0.25, -0.2) is 4.98 Å². The van der Waals surface area contributed by atoms with Gasteiger partial charge in [0.2, 0.25) is 5.91 Å². The van der Waals surface area contributed by atoms with Crippen molar-refractivity contribution in [3.05, 3.63) is 57.3 Å². The van der Waals surface area contributed by atoms with Gasteiger partial charge in [0.15, 0.2) is 5.16 Å². The summed E-state index contributed by atoms with van der Waals surface area (Å²) in [4.78, 5) is 29.8. The van der Waals surface area contributed by atoms with Crippen molar-refractivity contribution >= 4 is 44.5 Å². The molecule has 1 N–H and O–H groups in total. The lowest BCUT2D eigenvalue weighted by Crippen LogP contribution is -2.27. The van der Waals surface area contributed by atoms with Crippen LogP contribution in [0, 0.1) is 0 Å². The first kappa shape index (κ1) is 20.9. The molecule has 2 aromatic rings. The minimum absolute atomic E-state index is 0.0586. The van der Waals surface area contributed by atoms with Crippen LogP contribution in [0.3, 0.4) is 0 Å². The maximum absolute atomic E-state index is 13.1. The van der Waals surface area contributed by atoms with Crippen molar-refractivity contribution in [3.8, 4) is 0 Å².